The van der Waals surface area contributed by atoms with Crippen molar-refractivity contribution in [3.63, 3.8) is 0 Å². The fourth-order valence-electron chi connectivity index (χ4n) is 2.13. The van der Waals surface area contributed by atoms with Crippen molar-refractivity contribution in [3.8, 4) is 0 Å². The molecule has 0 amide bonds. The molecular formula is C13H19N2O. The van der Waals surface area contributed by atoms with Crippen LogP contribution in [0.2, 0.25) is 0 Å². The molecule has 1 fully saturated rings. The minimum atomic E-state index is -0.227. The summed E-state index contributed by atoms with van der Waals surface area (Å²) in [6, 6.07) is 11.4. The van der Waals surface area contributed by atoms with E-state index in [1.807, 2.05) is 25.1 Å². The fraction of sp³-hybridized carbons (Fsp3) is 0.538. The van der Waals surface area contributed by atoms with Gasteiger partial charge in [-0.2, -0.15) is 0 Å². The SMILES string of the molecule is C[C@@H](O)CN1CCN(c2[c]cccc2)CC1. The minimum Gasteiger partial charge on any atom is -0.392 e. The first-order valence-electron chi connectivity index (χ1n) is 5.88. The normalized spacial score (nSPS) is 19.8. The highest BCUT2D eigenvalue weighted by Crippen LogP contribution is 2.14. The quantitative estimate of drug-likeness (QED) is 0.821. The second-order valence-corrected chi connectivity index (χ2v) is 4.38. The smallest absolute Gasteiger partial charge is 0.0639 e. The number of para-hydroxylation sites is 1. The first-order chi connectivity index (χ1) is 7.75. The van der Waals surface area contributed by atoms with Crippen LogP contribution >= 0.6 is 0 Å². The van der Waals surface area contributed by atoms with Gasteiger partial charge in [-0.3, -0.25) is 4.90 Å². The molecule has 1 aliphatic heterocycles. The van der Waals surface area contributed by atoms with Gasteiger partial charge in [-0.05, 0) is 13.0 Å². The molecule has 3 heteroatoms. The molecule has 0 spiro atoms. The van der Waals surface area contributed by atoms with Gasteiger partial charge >= 0.3 is 0 Å². The van der Waals surface area contributed by atoms with E-state index >= 15 is 0 Å². The first kappa shape index (κ1) is 11.4. The number of anilines is 1. The van der Waals surface area contributed by atoms with Crippen molar-refractivity contribution in [1.29, 1.82) is 0 Å². The largest absolute Gasteiger partial charge is 0.392 e. The lowest BCUT2D eigenvalue weighted by atomic mass is 10.2. The zero-order valence-electron chi connectivity index (χ0n) is 9.76. The molecule has 0 unspecified atom stereocenters. The molecule has 2 rings (SSSR count). The molecular weight excluding hydrogens is 200 g/mol. The zero-order chi connectivity index (χ0) is 11.4. The number of nitrogens with zero attached hydrogens (tertiary/aromatic N) is 2. The summed E-state index contributed by atoms with van der Waals surface area (Å²) in [7, 11) is 0. The summed E-state index contributed by atoms with van der Waals surface area (Å²) in [6.07, 6.45) is -0.227. The van der Waals surface area contributed by atoms with Crippen LogP contribution in [0, 0.1) is 6.07 Å². The summed E-state index contributed by atoms with van der Waals surface area (Å²) in [5.74, 6) is 0. The second-order valence-electron chi connectivity index (χ2n) is 4.38. The average Bonchev–Trinajstić information content (AvgIpc) is 2.30. The molecule has 1 heterocycles. The van der Waals surface area contributed by atoms with Gasteiger partial charge in [0.2, 0.25) is 0 Å². The van der Waals surface area contributed by atoms with Gasteiger partial charge in [-0.1, -0.05) is 18.2 Å². The van der Waals surface area contributed by atoms with E-state index in [1.54, 1.807) is 0 Å². The second kappa shape index (κ2) is 5.32. The minimum absolute atomic E-state index is 0.227. The zero-order valence-corrected chi connectivity index (χ0v) is 9.76. The van der Waals surface area contributed by atoms with E-state index in [1.165, 1.54) is 5.69 Å². The van der Waals surface area contributed by atoms with E-state index in [0.29, 0.717) is 0 Å². The highest BCUT2D eigenvalue weighted by Gasteiger charge is 2.17. The Balaban J connectivity index is 1.86. The lowest BCUT2D eigenvalue weighted by molar-refractivity contribution is 0.122. The number of hydrogen-bond acceptors (Lipinski definition) is 3. The van der Waals surface area contributed by atoms with E-state index in [9.17, 15) is 5.11 Å². The first-order valence-corrected chi connectivity index (χ1v) is 5.88. The van der Waals surface area contributed by atoms with Crippen molar-refractivity contribution in [1.82, 2.24) is 4.90 Å². The van der Waals surface area contributed by atoms with Crippen LogP contribution in [0.3, 0.4) is 0 Å². The third-order valence-corrected chi connectivity index (χ3v) is 2.93. The highest BCUT2D eigenvalue weighted by molar-refractivity contribution is 5.45. The van der Waals surface area contributed by atoms with E-state index < -0.39 is 0 Å². The Kier molecular flexibility index (Phi) is 3.80. The van der Waals surface area contributed by atoms with Crippen molar-refractivity contribution in [2.45, 2.75) is 13.0 Å². The summed E-state index contributed by atoms with van der Waals surface area (Å²) in [5.41, 5.74) is 1.18. The van der Waals surface area contributed by atoms with Crippen LogP contribution in [0.1, 0.15) is 6.92 Å². The van der Waals surface area contributed by atoms with Crippen LogP contribution in [0.15, 0.2) is 24.3 Å². The molecule has 1 radical (unpaired) electrons. The van der Waals surface area contributed by atoms with Crippen LogP contribution in [-0.4, -0.2) is 48.8 Å². The Labute approximate surface area is 97.3 Å². The summed E-state index contributed by atoms with van der Waals surface area (Å²) < 4.78 is 0. The lowest BCUT2D eigenvalue weighted by Gasteiger charge is -2.36. The number of β-amino-alcohol motifs (C(OH)–C–C–N with tert-alkyl or cyclic N) is 1. The van der Waals surface area contributed by atoms with E-state index in [4.69, 9.17) is 0 Å². The number of rotatable bonds is 3. The molecule has 1 saturated heterocycles. The Hall–Kier alpha value is -1.06. The number of piperazine rings is 1. The summed E-state index contributed by atoms with van der Waals surface area (Å²) in [5, 5.41) is 9.33. The Morgan fingerprint density at radius 3 is 2.62 bits per heavy atom. The van der Waals surface area contributed by atoms with Crippen LogP contribution in [0.25, 0.3) is 0 Å². The monoisotopic (exact) mass is 219 g/mol. The third kappa shape index (κ3) is 2.97. The predicted molar refractivity (Wildman–Crippen MR) is 65.6 cm³/mol. The van der Waals surface area contributed by atoms with Crippen molar-refractivity contribution in [2.75, 3.05) is 37.6 Å². The maximum atomic E-state index is 9.33. The number of hydrogen-bond donors (Lipinski definition) is 1. The molecule has 1 N–H and O–H groups in total. The van der Waals surface area contributed by atoms with Gasteiger partial charge in [-0.25, -0.2) is 0 Å². The molecule has 1 aliphatic rings. The van der Waals surface area contributed by atoms with Gasteiger partial charge in [0.15, 0.2) is 0 Å². The average molecular weight is 219 g/mol. The molecule has 87 valence electrons. The Morgan fingerprint density at radius 2 is 2.06 bits per heavy atom. The summed E-state index contributed by atoms with van der Waals surface area (Å²) in [4.78, 5) is 4.66. The van der Waals surface area contributed by atoms with Crippen LogP contribution in [-0.2, 0) is 0 Å². The molecule has 16 heavy (non-hydrogen) atoms. The third-order valence-electron chi connectivity index (χ3n) is 2.93. The van der Waals surface area contributed by atoms with Crippen molar-refractivity contribution in [3.05, 3.63) is 30.3 Å². The molecule has 0 saturated carbocycles. The summed E-state index contributed by atoms with van der Waals surface area (Å²) >= 11 is 0. The molecule has 1 atom stereocenters. The Bertz CT molecular complexity index is 305. The number of benzene rings is 1. The maximum absolute atomic E-state index is 9.33. The topological polar surface area (TPSA) is 26.7 Å². The fourth-order valence-corrected chi connectivity index (χ4v) is 2.13. The van der Waals surface area contributed by atoms with Crippen LogP contribution in [0.5, 0.6) is 0 Å². The Morgan fingerprint density at radius 1 is 1.31 bits per heavy atom. The standard InChI is InChI=1S/C13H19N2O/c1-12(16)11-14-7-9-15(10-8-14)13-5-3-2-4-6-13/h2-5,12,16H,7-11H2,1H3/t12-/m1/s1. The van der Waals surface area contributed by atoms with Gasteiger partial charge in [0.25, 0.3) is 0 Å². The molecule has 0 aromatic heterocycles. The number of aliphatic hydroxyl groups is 1. The van der Waals surface area contributed by atoms with Gasteiger partial charge in [0, 0.05) is 44.5 Å². The number of aliphatic hydroxyl groups excluding tert-OH is 1. The van der Waals surface area contributed by atoms with E-state index in [-0.39, 0.29) is 6.10 Å². The lowest BCUT2D eigenvalue weighted by Crippen LogP contribution is -2.48. The van der Waals surface area contributed by atoms with Crippen molar-refractivity contribution < 1.29 is 5.11 Å². The van der Waals surface area contributed by atoms with Crippen LogP contribution < -0.4 is 4.90 Å². The molecule has 3 nitrogen and oxygen atoms in total. The molecule has 0 aliphatic carbocycles. The summed E-state index contributed by atoms with van der Waals surface area (Å²) in [6.45, 7) is 6.71. The molecule has 1 aromatic carbocycles. The van der Waals surface area contributed by atoms with Gasteiger partial charge in [0.1, 0.15) is 0 Å². The molecule has 1 aromatic rings. The maximum Gasteiger partial charge on any atom is 0.0639 e. The highest BCUT2D eigenvalue weighted by atomic mass is 16.3. The predicted octanol–water partition coefficient (Wildman–Crippen LogP) is 0.990. The van der Waals surface area contributed by atoms with Crippen LogP contribution in [0.4, 0.5) is 5.69 Å². The van der Waals surface area contributed by atoms with Crippen molar-refractivity contribution >= 4 is 5.69 Å². The van der Waals surface area contributed by atoms with Crippen molar-refractivity contribution in [2.24, 2.45) is 0 Å². The van der Waals surface area contributed by atoms with Gasteiger partial charge < -0.3 is 10.0 Å². The van der Waals surface area contributed by atoms with E-state index in [0.717, 1.165) is 32.7 Å². The van der Waals surface area contributed by atoms with Gasteiger partial charge in [-0.15, -0.1) is 0 Å². The van der Waals surface area contributed by atoms with Gasteiger partial charge in [0.05, 0.1) is 6.10 Å². The molecule has 0 bridgehead atoms. The van der Waals surface area contributed by atoms with E-state index in [2.05, 4.69) is 21.9 Å².